The summed E-state index contributed by atoms with van der Waals surface area (Å²) in [6.07, 6.45) is 2.03. The molecule has 0 aliphatic carbocycles. The minimum absolute atomic E-state index is 0.966. The van der Waals surface area contributed by atoms with Gasteiger partial charge < -0.3 is 0 Å². The predicted molar refractivity (Wildman–Crippen MR) is 79.8 cm³/mol. The van der Waals surface area contributed by atoms with E-state index >= 15 is 0 Å². The SMILES string of the molecule is CCc1ccc(-c2nc3sc(CC)nn3c2C)cc1. The van der Waals surface area contributed by atoms with Crippen LogP contribution in [0.25, 0.3) is 16.2 Å². The van der Waals surface area contributed by atoms with Crippen LogP contribution in [0.15, 0.2) is 24.3 Å². The fourth-order valence-electron chi connectivity index (χ4n) is 2.20. The quantitative estimate of drug-likeness (QED) is 0.723. The van der Waals surface area contributed by atoms with Crippen LogP contribution >= 0.6 is 11.3 Å². The van der Waals surface area contributed by atoms with Crippen molar-refractivity contribution in [2.24, 2.45) is 0 Å². The van der Waals surface area contributed by atoms with E-state index < -0.39 is 0 Å². The molecule has 3 nitrogen and oxygen atoms in total. The number of aromatic nitrogens is 3. The minimum Gasteiger partial charge on any atom is -0.217 e. The van der Waals surface area contributed by atoms with Crippen molar-refractivity contribution in [1.29, 1.82) is 0 Å². The molecule has 0 spiro atoms. The molecule has 0 bridgehead atoms. The molecular weight excluding hydrogens is 254 g/mol. The number of benzene rings is 1. The second-order valence-corrected chi connectivity index (χ2v) is 5.68. The molecule has 4 heteroatoms. The second-order valence-electron chi connectivity index (χ2n) is 4.64. The smallest absolute Gasteiger partial charge is 0.212 e. The molecule has 3 rings (SSSR count). The Morgan fingerprint density at radius 3 is 2.42 bits per heavy atom. The first-order valence-electron chi connectivity index (χ1n) is 6.67. The lowest BCUT2D eigenvalue weighted by Gasteiger charge is -2.01. The molecule has 0 saturated heterocycles. The largest absolute Gasteiger partial charge is 0.217 e. The highest BCUT2D eigenvalue weighted by Crippen LogP contribution is 2.26. The minimum atomic E-state index is 0.966. The number of fused-ring (bicyclic) bond motifs is 1. The van der Waals surface area contributed by atoms with Crippen molar-refractivity contribution in [3.63, 3.8) is 0 Å². The van der Waals surface area contributed by atoms with Gasteiger partial charge in [-0.25, -0.2) is 9.50 Å². The summed E-state index contributed by atoms with van der Waals surface area (Å²) in [6, 6.07) is 8.65. The normalized spacial score (nSPS) is 11.3. The highest BCUT2D eigenvalue weighted by atomic mass is 32.1. The van der Waals surface area contributed by atoms with Crippen molar-refractivity contribution >= 4 is 16.3 Å². The van der Waals surface area contributed by atoms with Gasteiger partial charge in [0.15, 0.2) is 0 Å². The van der Waals surface area contributed by atoms with Crippen LogP contribution in [0.2, 0.25) is 0 Å². The number of rotatable bonds is 3. The zero-order valence-electron chi connectivity index (χ0n) is 11.5. The summed E-state index contributed by atoms with van der Waals surface area (Å²) in [6.45, 7) is 6.38. The van der Waals surface area contributed by atoms with Crippen LogP contribution < -0.4 is 0 Å². The molecule has 0 saturated carbocycles. The number of imidazole rings is 1. The molecule has 2 aromatic heterocycles. The maximum Gasteiger partial charge on any atom is 0.212 e. The molecule has 0 unspecified atom stereocenters. The predicted octanol–water partition coefficient (Wildman–Crippen LogP) is 3.89. The Balaban J connectivity index is 2.08. The number of hydrogen-bond donors (Lipinski definition) is 0. The van der Waals surface area contributed by atoms with Gasteiger partial charge in [0.05, 0.1) is 11.4 Å². The van der Waals surface area contributed by atoms with E-state index in [2.05, 4.69) is 50.1 Å². The molecule has 0 atom stereocenters. The van der Waals surface area contributed by atoms with E-state index in [4.69, 9.17) is 4.98 Å². The molecule has 0 aliphatic heterocycles. The van der Waals surface area contributed by atoms with Gasteiger partial charge in [-0.05, 0) is 25.3 Å². The van der Waals surface area contributed by atoms with Crippen molar-refractivity contribution in [3.8, 4) is 11.3 Å². The molecule has 1 aromatic carbocycles. The van der Waals surface area contributed by atoms with Crippen LogP contribution in [-0.2, 0) is 12.8 Å². The van der Waals surface area contributed by atoms with Crippen LogP contribution in [0.3, 0.4) is 0 Å². The topological polar surface area (TPSA) is 30.2 Å². The fourth-order valence-corrected chi connectivity index (χ4v) is 3.08. The third-order valence-corrected chi connectivity index (χ3v) is 4.46. The van der Waals surface area contributed by atoms with Crippen molar-refractivity contribution in [1.82, 2.24) is 14.6 Å². The second kappa shape index (κ2) is 4.78. The molecule has 0 N–H and O–H groups in total. The molecule has 3 aromatic rings. The summed E-state index contributed by atoms with van der Waals surface area (Å²) >= 11 is 1.68. The molecule has 19 heavy (non-hydrogen) atoms. The molecule has 0 aliphatic rings. The van der Waals surface area contributed by atoms with Gasteiger partial charge in [0.1, 0.15) is 5.01 Å². The van der Waals surface area contributed by atoms with Gasteiger partial charge in [-0.3, -0.25) is 0 Å². The molecule has 0 amide bonds. The molecule has 2 heterocycles. The Kier molecular flexibility index (Phi) is 3.11. The Bertz CT molecular complexity index is 707. The number of aryl methyl sites for hydroxylation is 3. The van der Waals surface area contributed by atoms with Crippen molar-refractivity contribution < 1.29 is 0 Å². The molecule has 0 radical (unpaired) electrons. The lowest BCUT2D eigenvalue weighted by molar-refractivity contribution is 0.882. The Labute approximate surface area is 116 Å². The fraction of sp³-hybridized carbons (Fsp3) is 0.333. The van der Waals surface area contributed by atoms with E-state index in [1.54, 1.807) is 11.3 Å². The summed E-state index contributed by atoms with van der Waals surface area (Å²) < 4.78 is 1.96. The maximum absolute atomic E-state index is 4.73. The monoisotopic (exact) mass is 271 g/mol. The number of hydrogen-bond acceptors (Lipinski definition) is 3. The van der Waals surface area contributed by atoms with E-state index in [1.807, 2.05) is 4.52 Å². The Morgan fingerprint density at radius 2 is 1.84 bits per heavy atom. The van der Waals surface area contributed by atoms with Crippen LogP contribution in [0.4, 0.5) is 0 Å². The van der Waals surface area contributed by atoms with Crippen molar-refractivity contribution in [3.05, 3.63) is 40.5 Å². The summed E-state index contributed by atoms with van der Waals surface area (Å²) in [5.41, 5.74) is 4.69. The van der Waals surface area contributed by atoms with E-state index in [0.29, 0.717) is 0 Å². The molecule has 98 valence electrons. The van der Waals surface area contributed by atoms with Gasteiger partial charge in [-0.2, -0.15) is 5.10 Å². The van der Waals surface area contributed by atoms with Gasteiger partial charge in [-0.1, -0.05) is 49.4 Å². The maximum atomic E-state index is 4.73. The third-order valence-electron chi connectivity index (χ3n) is 3.41. The van der Waals surface area contributed by atoms with E-state index in [-0.39, 0.29) is 0 Å². The van der Waals surface area contributed by atoms with Gasteiger partial charge in [0, 0.05) is 5.56 Å². The van der Waals surface area contributed by atoms with E-state index in [0.717, 1.165) is 34.2 Å². The zero-order valence-corrected chi connectivity index (χ0v) is 12.3. The molecule has 0 fully saturated rings. The summed E-state index contributed by atoms with van der Waals surface area (Å²) in [4.78, 5) is 5.72. The van der Waals surface area contributed by atoms with Crippen LogP contribution in [0.5, 0.6) is 0 Å². The summed E-state index contributed by atoms with van der Waals surface area (Å²) in [7, 11) is 0. The van der Waals surface area contributed by atoms with Crippen LogP contribution in [-0.4, -0.2) is 14.6 Å². The van der Waals surface area contributed by atoms with Crippen LogP contribution in [0, 0.1) is 6.92 Å². The van der Waals surface area contributed by atoms with Gasteiger partial charge in [-0.15, -0.1) is 0 Å². The average Bonchev–Trinajstić information content (AvgIpc) is 2.99. The Hall–Kier alpha value is -1.68. The highest BCUT2D eigenvalue weighted by molar-refractivity contribution is 7.16. The average molecular weight is 271 g/mol. The first-order valence-corrected chi connectivity index (χ1v) is 7.49. The lowest BCUT2D eigenvalue weighted by atomic mass is 10.1. The van der Waals surface area contributed by atoms with Gasteiger partial charge in [0.2, 0.25) is 4.96 Å². The first kappa shape index (κ1) is 12.4. The van der Waals surface area contributed by atoms with Crippen molar-refractivity contribution in [2.75, 3.05) is 0 Å². The summed E-state index contributed by atoms with van der Waals surface area (Å²) in [5.74, 6) is 0. The first-order chi connectivity index (χ1) is 9.22. The van der Waals surface area contributed by atoms with Crippen molar-refractivity contribution in [2.45, 2.75) is 33.6 Å². The third kappa shape index (κ3) is 2.06. The lowest BCUT2D eigenvalue weighted by Crippen LogP contribution is -1.90. The van der Waals surface area contributed by atoms with Gasteiger partial charge in [0.25, 0.3) is 0 Å². The van der Waals surface area contributed by atoms with Crippen LogP contribution in [0.1, 0.15) is 30.1 Å². The zero-order chi connectivity index (χ0) is 13.4. The standard InChI is InChI=1S/C15H17N3S/c1-4-11-6-8-12(9-7-11)14-10(3)18-15(16-14)19-13(5-2)17-18/h6-9H,4-5H2,1-3H3. The van der Waals surface area contributed by atoms with Gasteiger partial charge >= 0.3 is 0 Å². The van der Waals surface area contributed by atoms with E-state index in [9.17, 15) is 0 Å². The Morgan fingerprint density at radius 1 is 1.11 bits per heavy atom. The number of nitrogens with zero attached hydrogens (tertiary/aromatic N) is 3. The highest BCUT2D eigenvalue weighted by Gasteiger charge is 2.13. The van der Waals surface area contributed by atoms with E-state index in [1.165, 1.54) is 11.1 Å². The molecular formula is C15H17N3S. The summed E-state index contributed by atoms with van der Waals surface area (Å²) in [5, 5.41) is 5.72.